The number of benzene rings is 2. The molecule has 0 aliphatic heterocycles. The van der Waals surface area contributed by atoms with Crippen LogP contribution in [0.5, 0.6) is 5.75 Å². The monoisotopic (exact) mass is 237 g/mol. The molecule has 2 aromatic rings. The maximum atomic E-state index is 5.32. The highest BCUT2D eigenvalue weighted by atomic mass is 16.5. The molecule has 0 saturated heterocycles. The van der Waals surface area contributed by atoms with Gasteiger partial charge in [0.2, 0.25) is 0 Å². The average molecular weight is 237 g/mol. The number of ether oxygens (including phenoxy) is 1. The van der Waals surface area contributed by atoms with Gasteiger partial charge in [0.1, 0.15) is 12.4 Å². The number of terminal acetylenes is 1. The van der Waals surface area contributed by atoms with E-state index in [0.717, 1.165) is 18.0 Å². The SMILES string of the molecule is C#CCOc1ccc(CNc2ccccc2)cc1. The van der Waals surface area contributed by atoms with E-state index in [1.165, 1.54) is 5.56 Å². The van der Waals surface area contributed by atoms with E-state index in [2.05, 4.69) is 11.2 Å². The molecule has 0 bridgehead atoms. The highest BCUT2D eigenvalue weighted by molar-refractivity contribution is 5.43. The first-order chi connectivity index (χ1) is 8.88. The Kier molecular flexibility index (Phi) is 4.27. The Bertz CT molecular complexity index is 511. The van der Waals surface area contributed by atoms with E-state index in [-0.39, 0.29) is 0 Å². The Morgan fingerprint density at radius 2 is 1.72 bits per heavy atom. The molecule has 0 spiro atoms. The standard InChI is InChI=1S/C16H15NO/c1-2-12-18-16-10-8-14(9-11-16)13-17-15-6-4-3-5-7-15/h1,3-11,17H,12-13H2. The summed E-state index contributed by atoms with van der Waals surface area (Å²) in [6.07, 6.45) is 5.13. The molecule has 2 heteroatoms. The number of hydrogen-bond donors (Lipinski definition) is 1. The molecule has 0 aliphatic rings. The van der Waals surface area contributed by atoms with Crippen molar-refractivity contribution in [2.75, 3.05) is 11.9 Å². The second kappa shape index (κ2) is 6.36. The molecule has 1 N–H and O–H groups in total. The molecule has 2 nitrogen and oxygen atoms in total. The summed E-state index contributed by atoms with van der Waals surface area (Å²) < 4.78 is 5.32. The lowest BCUT2D eigenvalue weighted by Gasteiger charge is -2.07. The smallest absolute Gasteiger partial charge is 0.148 e. The lowest BCUT2D eigenvalue weighted by atomic mass is 10.2. The summed E-state index contributed by atoms with van der Waals surface area (Å²) >= 11 is 0. The molecule has 0 fully saturated rings. The van der Waals surface area contributed by atoms with E-state index in [9.17, 15) is 0 Å². The lowest BCUT2D eigenvalue weighted by molar-refractivity contribution is 0.370. The van der Waals surface area contributed by atoms with Crippen LogP contribution in [0.2, 0.25) is 0 Å². The van der Waals surface area contributed by atoms with Gasteiger partial charge < -0.3 is 10.1 Å². The number of para-hydroxylation sites is 1. The first-order valence-electron chi connectivity index (χ1n) is 5.82. The number of hydrogen-bond acceptors (Lipinski definition) is 2. The van der Waals surface area contributed by atoms with Crippen molar-refractivity contribution in [1.29, 1.82) is 0 Å². The Balaban J connectivity index is 1.89. The topological polar surface area (TPSA) is 21.3 Å². The van der Waals surface area contributed by atoms with Gasteiger partial charge in [0.15, 0.2) is 0 Å². The molecule has 0 radical (unpaired) electrons. The van der Waals surface area contributed by atoms with Crippen molar-refractivity contribution in [2.45, 2.75) is 6.54 Å². The third kappa shape index (κ3) is 3.57. The van der Waals surface area contributed by atoms with Crippen molar-refractivity contribution >= 4 is 5.69 Å². The molecule has 0 amide bonds. The normalized spacial score (nSPS) is 9.50. The van der Waals surface area contributed by atoms with Crippen molar-refractivity contribution in [3.63, 3.8) is 0 Å². The molecule has 0 unspecified atom stereocenters. The third-order valence-corrected chi connectivity index (χ3v) is 2.52. The quantitative estimate of drug-likeness (QED) is 0.805. The zero-order valence-electron chi connectivity index (χ0n) is 10.1. The first-order valence-corrected chi connectivity index (χ1v) is 5.82. The Hall–Kier alpha value is -2.40. The fourth-order valence-corrected chi connectivity index (χ4v) is 1.59. The van der Waals surface area contributed by atoms with E-state index in [4.69, 9.17) is 11.2 Å². The second-order valence-corrected chi connectivity index (χ2v) is 3.86. The van der Waals surface area contributed by atoms with Crippen LogP contribution in [0.15, 0.2) is 54.6 Å². The number of rotatable bonds is 5. The van der Waals surface area contributed by atoms with Crippen molar-refractivity contribution in [3.05, 3.63) is 60.2 Å². The van der Waals surface area contributed by atoms with Crippen LogP contribution in [0, 0.1) is 12.3 Å². The number of anilines is 1. The minimum absolute atomic E-state index is 0.307. The minimum atomic E-state index is 0.307. The van der Waals surface area contributed by atoms with Crippen LogP contribution in [0.4, 0.5) is 5.69 Å². The van der Waals surface area contributed by atoms with Crippen molar-refractivity contribution < 1.29 is 4.74 Å². The molecule has 2 rings (SSSR count). The van der Waals surface area contributed by atoms with Gasteiger partial charge in [-0.3, -0.25) is 0 Å². The molecular weight excluding hydrogens is 222 g/mol. The summed E-state index contributed by atoms with van der Waals surface area (Å²) in [6.45, 7) is 1.10. The summed E-state index contributed by atoms with van der Waals surface area (Å²) in [5, 5.41) is 3.35. The molecule has 0 saturated carbocycles. The molecule has 90 valence electrons. The lowest BCUT2D eigenvalue weighted by Crippen LogP contribution is -1.99. The van der Waals surface area contributed by atoms with Gasteiger partial charge in [-0.2, -0.15) is 0 Å². The van der Waals surface area contributed by atoms with Crippen LogP contribution in [0.25, 0.3) is 0 Å². The second-order valence-electron chi connectivity index (χ2n) is 3.86. The van der Waals surface area contributed by atoms with E-state index in [1.807, 2.05) is 54.6 Å². The average Bonchev–Trinajstić information content (AvgIpc) is 2.45. The minimum Gasteiger partial charge on any atom is -0.481 e. The molecule has 0 aliphatic carbocycles. The van der Waals surface area contributed by atoms with Gasteiger partial charge in [-0.15, -0.1) is 6.42 Å². The third-order valence-electron chi connectivity index (χ3n) is 2.52. The molecule has 0 heterocycles. The highest BCUT2D eigenvalue weighted by Gasteiger charge is 1.95. The summed E-state index contributed by atoms with van der Waals surface area (Å²) in [5.74, 6) is 3.25. The van der Waals surface area contributed by atoms with E-state index in [1.54, 1.807) is 0 Å². The summed E-state index contributed by atoms with van der Waals surface area (Å²) in [4.78, 5) is 0. The largest absolute Gasteiger partial charge is 0.481 e. The summed E-state index contributed by atoms with van der Waals surface area (Å²) in [5.41, 5.74) is 2.32. The maximum Gasteiger partial charge on any atom is 0.148 e. The Morgan fingerprint density at radius 1 is 1.00 bits per heavy atom. The van der Waals surface area contributed by atoms with Crippen LogP contribution in [0.3, 0.4) is 0 Å². The van der Waals surface area contributed by atoms with Gasteiger partial charge in [-0.05, 0) is 29.8 Å². The van der Waals surface area contributed by atoms with Gasteiger partial charge >= 0.3 is 0 Å². The predicted octanol–water partition coefficient (Wildman–Crippen LogP) is 3.31. The molecular formula is C16H15NO. The molecule has 18 heavy (non-hydrogen) atoms. The maximum absolute atomic E-state index is 5.32. The zero-order chi connectivity index (χ0) is 12.6. The van der Waals surface area contributed by atoms with E-state index >= 15 is 0 Å². The molecule has 0 aromatic heterocycles. The zero-order valence-corrected chi connectivity index (χ0v) is 10.1. The predicted molar refractivity (Wildman–Crippen MR) is 74.5 cm³/mol. The van der Waals surface area contributed by atoms with E-state index in [0.29, 0.717) is 6.61 Å². The van der Waals surface area contributed by atoms with Crippen LogP contribution < -0.4 is 10.1 Å². The Labute approximate surface area is 108 Å². The molecule has 2 aromatic carbocycles. The highest BCUT2D eigenvalue weighted by Crippen LogP contribution is 2.13. The van der Waals surface area contributed by atoms with Gasteiger partial charge in [0, 0.05) is 12.2 Å². The molecule has 0 atom stereocenters. The van der Waals surface area contributed by atoms with E-state index < -0.39 is 0 Å². The van der Waals surface area contributed by atoms with Gasteiger partial charge in [0.05, 0.1) is 0 Å². The fourth-order valence-electron chi connectivity index (χ4n) is 1.59. The van der Waals surface area contributed by atoms with Crippen LogP contribution in [-0.2, 0) is 6.54 Å². The van der Waals surface area contributed by atoms with Crippen LogP contribution in [0.1, 0.15) is 5.56 Å². The van der Waals surface area contributed by atoms with Crippen LogP contribution >= 0.6 is 0 Å². The van der Waals surface area contributed by atoms with Crippen molar-refractivity contribution in [1.82, 2.24) is 0 Å². The Morgan fingerprint density at radius 3 is 2.39 bits per heavy atom. The van der Waals surface area contributed by atoms with Gasteiger partial charge in [-0.1, -0.05) is 36.3 Å². The first kappa shape index (κ1) is 12.1. The van der Waals surface area contributed by atoms with Gasteiger partial charge in [0.25, 0.3) is 0 Å². The summed E-state index contributed by atoms with van der Waals surface area (Å²) in [6, 6.07) is 18.0. The number of nitrogens with one attached hydrogen (secondary N) is 1. The fraction of sp³-hybridized carbons (Fsp3) is 0.125. The van der Waals surface area contributed by atoms with Gasteiger partial charge in [-0.25, -0.2) is 0 Å². The van der Waals surface area contributed by atoms with Crippen molar-refractivity contribution in [2.24, 2.45) is 0 Å². The van der Waals surface area contributed by atoms with Crippen LogP contribution in [-0.4, -0.2) is 6.61 Å². The van der Waals surface area contributed by atoms with Crippen molar-refractivity contribution in [3.8, 4) is 18.1 Å². The summed E-state index contributed by atoms with van der Waals surface area (Å²) in [7, 11) is 0.